The number of aromatic nitrogens is 3. The predicted molar refractivity (Wildman–Crippen MR) is 163 cm³/mol. The van der Waals surface area contributed by atoms with Crippen molar-refractivity contribution in [1.82, 2.24) is 14.8 Å². The Labute approximate surface area is 276 Å². The quantitative estimate of drug-likeness (QED) is 0.205. The van der Waals surface area contributed by atoms with Gasteiger partial charge in [0.15, 0.2) is 11.0 Å². The number of hydrogen-bond donors (Lipinski definition) is 1. The van der Waals surface area contributed by atoms with Gasteiger partial charge in [-0.15, -0.1) is 5.10 Å². The van der Waals surface area contributed by atoms with Crippen molar-refractivity contribution in [3.05, 3.63) is 83.9 Å². The van der Waals surface area contributed by atoms with Gasteiger partial charge in [-0.3, -0.25) is 9.69 Å². The molecule has 0 bridgehead atoms. The molecule has 3 aromatic carbocycles. The normalized spacial score (nSPS) is 14.9. The van der Waals surface area contributed by atoms with Gasteiger partial charge in [0.1, 0.15) is 18.8 Å². The number of hydrogen-bond acceptors (Lipinski definition) is 8. The fourth-order valence-corrected chi connectivity index (χ4v) is 6.00. The number of alkyl halides is 6. The first-order valence-electron chi connectivity index (χ1n) is 13.7. The molecule has 1 fully saturated rings. The number of aliphatic imine (C=N–C) groups is 1. The van der Waals surface area contributed by atoms with Gasteiger partial charge in [-0.1, -0.05) is 23.9 Å². The van der Waals surface area contributed by atoms with Crippen molar-refractivity contribution in [3.63, 3.8) is 0 Å². The highest BCUT2D eigenvalue weighted by molar-refractivity contribution is 8.15. The number of nitrogens with zero attached hydrogens (tertiary/aromatic N) is 5. The number of carbonyl (C=O) groups is 2. The van der Waals surface area contributed by atoms with Gasteiger partial charge in [-0.25, -0.2) is 27.3 Å². The second-order valence-corrected chi connectivity index (χ2v) is 13.1. The van der Waals surface area contributed by atoms with E-state index in [0.717, 1.165) is 51.7 Å². The average Bonchev–Trinajstić information content (AvgIpc) is 3.65. The first-order chi connectivity index (χ1) is 22.9. The number of thioether (sulfide) groups is 1. The number of nitrogens with one attached hydrogen (secondary N) is 1. The van der Waals surface area contributed by atoms with Crippen LogP contribution in [0.4, 0.5) is 46.9 Å². The summed E-state index contributed by atoms with van der Waals surface area (Å²) in [4.78, 5) is 33.6. The summed E-state index contributed by atoms with van der Waals surface area (Å²) in [5, 5.41) is 6.30. The van der Waals surface area contributed by atoms with Gasteiger partial charge >= 0.3 is 17.7 Å². The summed E-state index contributed by atoms with van der Waals surface area (Å²) in [6.07, 6.45) is -3.39. The second-order valence-electron chi connectivity index (χ2n) is 10.2. The van der Waals surface area contributed by atoms with E-state index < -0.39 is 57.4 Å². The van der Waals surface area contributed by atoms with Crippen LogP contribution in [0.3, 0.4) is 0 Å². The third kappa shape index (κ3) is 8.08. The third-order valence-corrected chi connectivity index (χ3v) is 9.07. The minimum atomic E-state index is -5.55. The lowest BCUT2D eigenvalue weighted by Crippen LogP contribution is -2.31. The molecular weight excluding hydrogens is 709 g/mol. The fraction of sp³-hybridized carbons (Fsp3) is 0.207. The van der Waals surface area contributed by atoms with Crippen LogP contribution in [0.1, 0.15) is 11.1 Å². The SMILES string of the molecule is Cc1ccc(COCC(F)(F)F)c(N2C(=O)CS/C2=N\C(=O)Nc2ccc(-c3ncn(-c4ccc(S(=O)(=O)C(F)(F)F)cc4)n3)cc2F)c1. The molecule has 20 heteroatoms. The Morgan fingerprint density at radius 3 is 2.41 bits per heavy atom. The van der Waals surface area contributed by atoms with Crippen LogP contribution in [0.15, 0.2) is 76.9 Å². The van der Waals surface area contributed by atoms with E-state index in [1.807, 2.05) is 0 Å². The number of ether oxygens (including phenoxy) is 1. The number of rotatable bonds is 8. The molecule has 0 unspecified atom stereocenters. The van der Waals surface area contributed by atoms with Gasteiger partial charge in [0.05, 0.1) is 34.3 Å². The molecule has 1 N–H and O–H groups in total. The number of urea groups is 1. The summed E-state index contributed by atoms with van der Waals surface area (Å²) in [5.41, 5.74) is -4.41. The lowest BCUT2D eigenvalue weighted by Gasteiger charge is -2.21. The Morgan fingerprint density at radius 1 is 1.04 bits per heavy atom. The van der Waals surface area contributed by atoms with Crippen molar-refractivity contribution in [2.75, 3.05) is 22.6 Å². The molecule has 258 valence electrons. The first kappa shape index (κ1) is 35.5. The smallest absolute Gasteiger partial charge is 0.367 e. The standard InChI is InChI=1S/C29H21F7N6O5S2/c1-16-2-3-18(12-47-14-28(31,32)33)23(10-16)42-24(43)13-48-27(42)39-26(44)38-22-9-4-17(11-21(22)30)25-37-15-41(40-25)19-5-7-20(8-6-19)49(45,46)29(34,35)36/h2-11,15H,12-14H2,1H3,(H,38,44)/b39-27-. The maximum absolute atomic E-state index is 15.1. The molecule has 2 heterocycles. The highest BCUT2D eigenvalue weighted by Gasteiger charge is 2.46. The fourth-order valence-electron chi connectivity index (χ4n) is 4.38. The maximum atomic E-state index is 15.1. The lowest BCUT2D eigenvalue weighted by atomic mass is 10.1. The van der Waals surface area contributed by atoms with Crippen LogP contribution in [0.2, 0.25) is 0 Å². The molecule has 0 aliphatic carbocycles. The summed E-state index contributed by atoms with van der Waals surface area (Å²) < 4.78 is 120. The molecule has 3 amide bonds. The topological polar surface area (TPSA) is 136 Å². The van der Waals surface area contributed by atoms with Crippen molar-refractivity contribution in [1.29, 1.82) is 0 Å². The largest absolute Gasteiger partial charge is 0.501 e. The maximum Gasteiger partial charge on any atom is 0.501 e. The van der Waals surface area contributed by atoms with Gasteiger partial charge in [-0.2, -0.15) is 31.3 Å². The zero-order valence-electron chi connectivity index (χ0n) is 24.7. The molecule has 0 radical (unpaired) electrons. The van der Waals surface area contributed by atoms with Gasteiger partial charge in [0, 0.05) is 11.1 Å². The summed E-state index contributed by atoms with van der Waals surface area (Å²) in [7, 11) is -5.55. The summed E-state index contributed by atoms with van der Waals surface area (Å²) >= 11 is 0.895. The minimum Gasteiger partial charge on any atom is -0.367 e. The van der Waals surface area contributed by atoms with E-state index in [1.54, 1.807) is 13.0 Å². The Hall–Kier alpha value is -4.82. The molecule has 4 aromatic rings. The molecule has 49 heavy (non-hydrogen) atoms. The number of halogens is 7. The van der Waals surface area contributed by atoms with E-state index >= 15 is 4.39 Å². The van der Waals surface area contributed by atoms with Crippen LogP contribution < -0.4 is 10.2 Å². The van der Waals surface area contributed by atoms with E-state index in [-0.39, 0.29) is 44.9 Å². The predicted octanol–water partition coefficient (Wildman–Crippen LogP) is 6.42. The van der Waals surface area contributed by atoms with E-state index in [2.05, 4.69) is 20.4 Å². The van der Waals surface area contributed by atoms with Crippen LogP contribution in [-0.2, 0) is 26.0 Å². The molecule has 0 atom stereocenters. The van der Waals surface area contributed by atoms with Crippen molar-refractivity contribution < 1.29 is 53.5 Å². The number of amidine groups is 1. The molecule has 11 nitrogen and oxygen atoms in total. The van der Waals surface area contributed by atoms with Crippen LogP contribution in [0.25, 0.3) is 17.1 Å². The average molecular weight is 731 g/mol. The second kappa shape index (κ2) is 13.6. The molecule has 0 spiro atoms. The molecule has 1 saturated heterocycles. The number of amides is 3. The monoisotopic (exact) mass is 730 g/mol. The van der Waals surface area contributed by atoms with E-state index in [0.29, 0.717) is 5.56 Å². The Morgan fingerprint density at radius 2 is 1.76 bits per heavy atom. The molecule has 1 aliphatic heterocycles. The number of benzene rings is 3. The highest BCUT2D eigenvalue weighted by Crippen LogP contribution is 2.33. The van der Waals surface area contributed by atoms with Crippen molar-refractivity contribution in [2.24, 2.45) is 4.99 Å². The summed E-state index contributed by atoms with van der Waals surface area (Å²) in [6, 6.07) is 10.8. The number of carbonyl (C=O) groups excluding carboxylic acids is 2. The molecule has 1 aliphatic rings. The Kier molecular flexibility index (Phi) is 9.84. The minimum absolute atomic E-state index is 0.0197. The third-order valence-electron chi connectivity index (χ3n) is 6.64. The van der Waals surface area contributed by atoms with Gasteiger partial charge < -0.3 is 10.1 Å². The summed E-state index contributed by atoms with van der Waals surface area (Å²) in [6.45, 7) is -0.293. The Balaban J connectivity index is 1.30. The zero-order chi connectivity index (χ0) is 35.7. The lowest BCUT2D eigenvalue weighted by molar-refractivity contribution is -0.176. The van der Waals surface area contributed by atoms with Crippen LogP contribution in [0.5, 0.6) is 0 Å². The zero-order valence-corrected chi connectivity index (χ0v) is 26.3. The van der Waals surface area contributed by atoms with Crippen molar-refractivity contribution in [3.8, 4) is 17.1 Å². The number of sulfone groups is 1. The van der Waals surface area contributed by atoms with E-state index in [4.69, 9.17) is 4.74 Å². The van der Waals surface area contributed by atoms with E-state index in [1.165, 1.54) is 30.6 Å². The van der Waals surface area contributed by atoms with Gasteiger partial charge in [0.25, 0.3) is 9.84 Å². The van der Waals surface area contributed by atoms with Crippen molar-refractivity contribution in [2.45, 2.75) is 30.1 Å². The molecule has 0 saturated carbocycles. The number of aryl methyl sites for hydroxylation is 1. The first-order valence-corrected chi connectivity index (χ1v) is 16.1. The molecule has 1 aromatic heterocycles. The molecule has 5 rings (SSSR count). The number of anilines is 2. The van der Waals surface area contributed by atoms with Gasteiger partial charge in [0.2, 0.25) is 5.91 Å². The Bertz CT molecular complexity index is 2050. The highest BCUT2D eigenvalue weighted by atomic mass is 32.2. The van der Waals surface area contributed by atoms with E-state index in [9.17, 15) is 44.3 Å². The van der Waals surface area contributed by atoms with Gasteiger partial charge in [-0.05, 0) is 61.0 Å². The van der Waals surface area contributed by atoms with Crippen molar-refractivity contribution >= 4 is 50.1 Å². The summed E-state index contributed by atoms with van der Waals surface area (Å²) in [5.74, 6) is -1.57. The van der Waals surface area contributed by atoms with Crippen LogP contribution in [0, 0.1) is 12.7 Å². The van der Waals surface area contributed by atoms with Crippen LogP contribution >= 0.6 is 11.8 Å². The molecular formula is C29H21F7N6O5S2. The van der Waals surface area contributed by atoms with Crippen LogP contribution in [-0.4, -0.2) is 64.3 Å².